The highest BCUT2D eigenvalue weighted by Crippen LogP contribution is 2.39. The van der Waals surface area contributed by atoms with Crippen LogP contribution in [0.2, 0.25) is 0 Å². The number of benzene rings is 1. The van der Waals surface area contributed by atoms with Gasteiger partial charge in [-0.3, -0.25) is 4.79 Å². The van der Waals surface area contributed by atoms with E-state index in [0.29, 0.717) is 36.5 Å². The highest BCUT2D eigenvalue weighted by molar-refractivity contribution is 7.89. The highest BCUT2D eigenvalue weighted by atomic mass is 32.2. The number of rotatable bonds is 3. The molecule has 3 unspecified atom stereocenters. The number of sulfonamides is 1. The largest absolute Gasteiger partial charge is 0.335 e. The zero-order chi connectivity index (χ0) is 20.6. The van der Waals surface area contributed by atoms with E-state index in [-0.39, 0.29) is 10.8 Å². The van der Waals surface area contributed by atoms with Crippen LogP contribution in [0.3, 0.4) is 0 Å². The van der Waals surface area contributed by atoms with Crippen molar-refractivity contribution < 1.29 is 13.2 Å². The first-order valence-corrected chi connectivity index (χ1v) is 12.8. The normalized spacial score (nSPS) is 28.8. The summed E-state index contributed by atoms with van der Waals surface area (Å²) in [4.78, 5) is 15.9. The van der Waals surface area contributed by atoms with Crippen molar-refractivity contribution in [3.05, 3.63) is 29.3 Å². The maximum atomic E-state index is 13.6. The van der Waals surface area contributed by atoms with Gasteiger partial charge < -0.3 is 4.90 Å². The summed E-state index contributed by atoms with van der Waals surface area (Å²) >= 11 is 0. The fourth-order valence-electron chi connectivity index (χ4n) is 5.57. The van der Waals surface area contributed by atoms with Gasteiger partial charge in [-0.1, -0.05) is 32.3 Å². The Kier molecular flexibility index (Phi) is 6.03. The molecule has 0 N–H and O–H groups in total. The molecule has 3 atom stereocenters. The number of hydrogen-bond acceptors (Lipinski definition) is 3. The predicted octanol–water partition coefficient (Wildman–Crippen LogP) is 4.21. The molecule has 160 valence electrons. The Morgan fingerprint density at radius 3 is 2.45 bits per heavy atom. The number of amides is 1. The molecule has 1 amide bonds. The minimum Gasteiger partial charge on any atom is -0.335 e. The monoisotopic (exact) mass is 418 g/mol. The lowest BCUT2D eigenvalue weighted by Gasteiger charge is -2.47. The molecule has 1 aromatic carbocycles. The molecule has 3 fully saturated rings. The third-order valence-electron chi connectivity index (χ3n) is 7.39. The Balaban J connectivity index is 1.63. The van der Waals surface area contributed by atoms with Gasteiger partial charge in [-0.15, -0.1) is 0 Å². The average Bonchev–Trinajstić information content (AvgIpc) is 2.74. The van der Waals surface area contributed by atoms with Crippen molar-refractivity contribution in [2.24, 2.45) is 11.8 Å². The van der Waals surface area contributed by atoms with Gasteiger partial charge in [0.05, 0.1) is 4.90 Å². The van der Waals surface area contributed by atoms with E-state index in [1.54, 1.807) is 22.5 Å². The van der Waals surface area contributed by atoms with E-state index >= 15 is 0 Å². The highest BCUT2D eigenvalue weighted by Gasteiger charge is 2.40. The van der Waals surface area contributed by atoms with Crippen LogP contribution in [0, 0.1) is 18.8 Å². The Bertz CT molecular complexity index is 861. The van der Waals surface area contributed by atoms with E-state index in [2.05, 4.69) is 11.8 Å². The second-order valence-electron chi connectivity index (χ2n) is 9.22. The van der Waals surface area contributed by atoms with Crippen LogP contribution >= 0.6 is 0 Å². The van der Waals surface area contributed by atoms with E-state index in [1.807, 2.05) is 6.92 Å². The second kappa shape index (κ2) is 8.38. The van der Waals surface area contributed by atoms with Gasteiger partial charge >= 0.3 is 0 Å². The first-order valence-electron chi connectivity index (χ1n) is 11.3. The number of likely N-dealkylation sites (tertiary alicyclic amines) is 1. The van der Waals surface area contributed by atoms with Gasteiger partial charge in [-0.25, -0.2) is 8.42 Å². The van der Waals surface area contributed by atoms with Crippen molar-refractivity contribution in [2.45, 2.75) is 76.2 Å². The first-order chi connectivity index (χ1) is 13.9. The van der Waals surface area contributed by atoms with E-state index in [9.17, 15) is 13.2 Å². The molecule has 3 aliphatic rings. The number of piperidine rings is 2. The molecular weight excluding hydrogens is 384 g/mol. The van der Waals surface area contributed by atoms with Crippen LogP contribution < -0.4 is 0 Å². The predicted molar refractivity (Wildman–Crippen MR) is 114 cm³/mol. The van der Waals surface area contributed by atoms with E-state index in [4.69, 9.17) is 0 Å². The smallest absolute Gasteiger partial charge is 0.254 e. The molecule has 6 heteroatoms. The molecule has 29 heavy (non-hydrogen) atoms. The van der Waals surface area contributed by atoms with Crippen LogP contribution in [0.25, 0.3) is 0 Å². The number of nitrogens with zero attached hydrogens (tertiary/aromatic N) is 2. The van der Waals surface area contributed by atoms with E-state index in [0.717, 1.165) is 44.2 Å². The molecule has 0 aromatic heterocycles. The van der Waals surface area contributed by atoms with Crippen molar-refractivity contribution in [3.8, 4) is 0 Å². The SMILES string of the molecule is Cc1ccc(S(=O)(=O)N2CCCCC2)cc1C(=O)N1CCC(C)C2CCCCC21. The number of aryl methyl sites for hydroxylation is 1. The Labute approximate surface area is 175 Å². The minimum atomic E-state index is -3.54. The Hall–Kier alpha value is -1.40. The van der Waals surface area contributed by atoms with Gasteiger partial charge in [-0.2, -0.15) is 4.31 Å². The average molecular weight is 419 g/mol. The molecule has 4 rings (SSSR count). The van der Waals surface area contributed by atoms with Gasteiger partial charge in [0.15, 0.2) is 0 Å². The van der Waals surface area contributed by atoms with Crippen molar-refractivity contribution in [1.82, 2.24) is 9.21 Å². The molecular formula is C23H34N2O3S. The summed E-state index contributed by atoms with van der Waals surface area (Å²) in [6.07, 6.45) is 8.66. The Morgan fingerprint density at radius 1 is 0.966 bits per heavy atom. The fraction of sp³-hybridized carbons (Fsp3) is 0.696. The van der Waals surface area contributed by atoms with Crippen LogP contribution in [0.1, 0.15) is 74.2 Å². The van der Waals surface area contributed by atoms with Crippen LogP contribution in [0.15, 0.2) is 23.1 Å². The van der Waals surface area contributed by atoms with Gasteiger partial charge in [0.1, 0.15) is 0 Å². The lowest BCUT2D eigenvalue weighted by atomic mass is 9.72. The van der Waals surface area contributed by atoms with Crippen LogP contribution in [-0.2, 0) is 10.0 Å². The molecule has 1 aliphatic carbocycles. The molecule has 0 bridgehead atoms. The fourth-order valence-corrected chi connectivity index (χ4v) is 7.11. The van der Waals surface area contributed by atoms with Crippen molar-refractivity contribution >= 4 is 15.9 Å². The molecule has 2 heterocycles. The van der Waals surface area contributed by atoms with Gasteiger partial charge in [0.25, 0.3) is 5.91 Å². The Morgan fingerprint density at radius 2 is 1.69 bits per heavy atom. The van der Waals surface area contributed by atoms with Gasteiger partial charge in [-0.05, 0) is 68.6 Å². The van der Waals surface area contributed by atoms with Gasteiger partial charge in [0.2, 0.25) is 10.0 Å². The van der Waals surface area contributed by atoms with Crippen LogP contribution in [0.4, 0.5) is 0 Å². The maximum Gasteiger partial charge on any atom is 0.254 e. The number of hydrogen-bond donors (Lipinski definition) is 0. The molecule has 5 nitrogen and oxygen atoms in total. The van der Waals surface area contributed by atoms with Crippen LogP contribution in [0.5, 0.6) is 0 Å². The second-order valence-corrected chi connectivity index (χ2v) is 11.2. The number of fused-ring (bicyclic) bond motifs is 1. The zero-order valence-electron chi connectivity index (χ0n) is 17.8. The molecule has 1 saturated carbocycles. The summed E-state index contributed by atoms with van der Waals surface area (Å²) in [5.74, 6) is 1.26. The summed E-state index contributed by atoms with van der Waals surface area (Å²) in [5.41, 5.74) is 1.42. The van der Waals surface area contributed by atoms with Crippen LogP contribution in [-0.4, -0.2) is 49.2 Å². The van der Waals surface area contributed by atoms with Crippen molar-refractivity contribution in [1.29, 1.82) is 0 Å². The zero-order valence-corrected chi connectivity index (χ0v) is 18.6. The van der Waals surface area contributed by atoms with E-state index in [1.165, 1.54) is 19.3 Å². The number of carbonyl (C=O) groups is 1. The summed E-state index contributed by atoms with van der Waals surface area (Å²) in [7, 11) is -3.54. The van der Waals surface area contributed by atoms with E-state index < -0.39 is 10.0 Å². The number of carbonyl (C=O) groups excluding carboxylic acids is 1. The molecule has 0 radical (unpaired) electrons. The van der Waals surface area contributed by atoms with Crippen molar-refractivity contribution in [3.63, 3.8) is 0 Å². The molecule has 0 spiro atoms. The minimum absolute atomic E-state index is 0.0157. The molecule has 1 aromatic rings. The van der Waals surface area contributed by atoms with Crippen molar-refractivity contribution in [2.75, 3.05) is 19.6 Å². The quantitative estimate of drug-likeness (QED) is 0.739. The summed E-state index contributed by atoms with van der Waals surface area (Å²) in [6, 6.07) is 5.41. The molecule has 2 saturated heterocycles. The standard InChI is InChI=1S/C23H34N2O3S/c1-17-10-11-19(29(27,28)24-13-6-3-7-14-24)16-21(17)23(26)25-15-12-18(2)20-8-4-5-9-22(20)25/h10-11,16,18,20,22H,3-9,12-15H2,1-2H3. The summed E-state index contributed by atoms with van der Waals surface area (Å²) in [5, 5.41) is 0. The topological polar surface area (TPSA) is 57.7 Å². The third kappa shape index (κ3) is 3.98. The molecule has 2 aliphatic heterocycles. The maximum absolute atomic E-state index is 13.6. The third-order valence-corrected chi connectivity index (χ3v) is 9.29. The first kappa shape index (κ1) is 20.9. The lowest BCUT2D eigenvalue weighted by molar-refractivity contribution is 0.0217. The summed E-state index contributed by atoms with van der Waals surface area (Å²) < 4.78 is 27.8. The lowest BCUT2D eigenvalue weighted by Crippen LogP contribution is -2.52. The van der Waals surface area contributed by atoms with Gasteiger partial charge in [0, 0.05) is 31.2 Å². The summed E-state index contributed by atoms with van der Waals surface area (Å²) in [6.45, 7) is 6.17.